The number of benzene rings is 1. The highest BCUT2D eigenvalue weighted by atomic mass is 19.1. The summed E-state index contributed by atoms with van der Waals surface area (Å²) >= 11 is 0. The smallest absolute Gasteiger partial charge is 0.123 e. The van der Waals surface area contributed by atoms with Crippen LogP contribution in [0, 0.1) is 23.6 Å². The molecule has 0 aliphatic heterocycles. The summed E-state index contributed by atoms with van der Waals surface area (Å²) in [5.74, 6) is 3.26. The van der Waals surface area contributed by atoms with Gasteiger partial charge in [-0.2, -0.15) is 0 Å². The maximum atomic E-state index is 13.1. The van der Waals surface area contributed by atoms with Gasteiger partial charge in [-0.1, -0.05) is 63.2 Å². The zero-order chi connectivity index (χ0) is 18.9. The third-order valence-electron chi connectivity index (χ3n) is 7.21. The Labute approximate surface area is 164 Å². The minimum atomic E-state index is -0.126. The van der Waals surface area contributed by atoms with Crippen LogP contribution in [-0.2, 0) is 0 Å². The highest BCUT2D eigenvalue weighted by molar-refractivity contribution is 5.20. The first-order valence-corrected chi connectivity index (χ1v) is 11.2. The molecule has 0 spiro atoms. The molecule has 2 heteroatoms. The molecule has 2 fully saturated rings. The van der Waals surface area contributed by atoms with E-state index in [1.54, 1.807) is 18.2 Å². The number of hydrogen-bond donors (Lipinski definition) is 0. The molecule has 0 unspecified atom stereocenters. The first-order valence-electron chi connectivity index (χ1n) is 11.2. The summed E-state index contributed by atoms with van der Waals surface area (Å²) in [5.41, 5.74) is 1.33. The van der Waals surface area contributed by atoms with Crippen LogP contribution in [0.15, 0.2) is 36.7 Å². The van der Waals surface area contributed by atoms with Gasteiger partial charge < -0.3 is 0 Å². The van der Waals surface area contributed by atoms with E-state index in [1.165, 1.54) is 76.2 Å². The first kappa shape index (κ1) is 20.6. The SMILES string of the molecule is F/C=C/CCC[C@H]1CC[C@H](CC[C@H]2CC[C@H](c3ccc(F)cc3)CC2)CC1. The molecule has 3 rings (SSSR count). The van der Waals surface area contributed by atoms with Crippen LogP contribution in [0.2, 0.25) is 0 Å². The predicted octanol–water partition coefficient (Wildman–Crippen LogP) is 8.34. The van der Waals surface area contributed by atoms with Crippen molar-refractivity contribution < 1.29 is 8.78 Å². The zero-order valence-electron chi connectivity index (χ0n) is 16.7. The molecule has 0 amide bonds. The second-order valence-corrected chi connectivity index (χ2v) is 9.03. The van der Waals surface area contributed by atoms with E-state index >= 15 is 0 Å². The normalized spacial score (nSPS) is 29.3. The van der Waals surface area contributed by atoms with Crippen molar-refractivity contribution in [3.63, 3.8) is 0 Å². The molecular formula is C25H36F2. The average molecular weight is 375 g/mol. The third-order valence-corrected chi connectivity index (χ3v) is 7.21. The number of halogens is 2. The Morgan fingerprint density at radius 3 is 1.81 bits per heavy atom. The Morgan fingerprint density at radius 1 is 0.741 bits per heavy atom. The van der Waals surface area contributed by atoms with Crippen LogP contribution in [-0.4, -0.2) is 0 Å². The summed E-state index contributed by atoms with van der Waals surface area (Å²) < 4.78 is 25.1. The van der Waals surface area contributed by atoms with E-state index in [9.17, 15) is 8.78 Å². The quantitative estimate of drug-likeness (QED) is 0.401. The fourth-order valence-electron chi connectivity index (χ4n) is 5.39. The van der Waals surface area contributed by atoms with E-state index in [0.717, 1.165) is 30.6 Å². The van der Waals surface area contributed by atoms with E-state index in [4.69, 9.17) is 0 Å². The highest BCUT2D eigenvalue weighted by Crippen LogP contribution is 2.40. The number of rotatable bonds is 8. The number of allylic oxidation sites excluding steroid dienone is 1. The molecule has 0 saturated heterocycles. The molecule has 27 heavy (non-hydrogen) atoms. The molecular weight excluding hydrogens is 338 g/mol. The summed E-state index contributed by atoms with van der Waals surface area (Å²) in [6, 6.07) is 7.17. The molecule has 0 N–H and O–H groups in total. The highest BCUT2D eigenvalue weighted by Gasteiger charge is 2.25. The van der Waals surface area contributed by atoms with Crippen LogP contribution in [0.4, 0.5) is 8.78 Å². The van der Waals surface area contributed by atoms with E-state index < -0.39 is 0 Å². The molecule has 0 bridgehead atoms. The van der Waals surface area contributed by atoms with Crippen molar-refractivity contribution in [2.24, 2.45) is 17.8 Å². The second-order valence-electron chi connectivity index (χ2n) is 9.03. The predicted molar refractivity (Wildman–Crippen MR) is 110 cm³/mol. The van der Waals surface area contributed by atoms with Gasteiger partial charge in [-0.15, -0.1) is 0 Å². The Bertz CT molecular complexity index is 546. The van der Waals surface area contributed by atoms with Crippen LogP contribution in [0.5, 0.6) is 0 Å². The van der Waals surface area contributed by atoms with Gasteiger partial charge in [0, 0.05) is 0 Å². The minimum Gasteiger partial charge on any atom is -0.216 e. The van der Waals surface area contributed by atoms with Crippen molar-refractivity contribution in [1.29, 1.82) is 0 Å². The molecule has 2 saturated carbocycles. The van der Waals surface area contributed by atoms with Crippen molar-refractivity contribution in [3.05, 3.63) is 48.1 Å². The van der Waals surface area contributed by atoms with E-state index in [-0.39, 0.29) is 5.82 Å². The van der Waals surface area contributed by atoms with Gasteiger partial charge in [-0.3, -0.25) is 0 Å². The van der Waals surface area contributed by atoms with Gasteiger partial charge in [-0.05, 0) is 79.9 Å². The van der Waals surface area contributed by atoms with Crippen molar-refractivity contribution in [3.8, 4) is 0 Å². The third kappa shape index (κ3) is 6.73. The Kier molecular flexibility index (Phi) is 8.35. The molecule has 150 valence electrons. The van der Waals surface area contributed by atoms with Crippen molar-refractivity contribution in [2.75, 3.05) is 0 Å². The minimum absolute atomic E-state index is 0.126. The summed E-state index contributed by atoms with van der Waals surface area (Å²) in [4.78, 5) is 0. The Morgan fingerprint density at radius 2 is 1.26 bits per heavy atom. The maximum absolute atomic E-state index is 13.1. The Hall–Kier alpha value is -1.18. The largest absolute Gasteiger partial charge is 0.216 e. The number of hydrogen-bond acceptors (Lipinski definition) is 0. The van der Waals surface area contributed by atoms with Gasteiger partial charge in [-0.25, -0.2) is 8.78 Å². The Balaban J connectivity index is 1.29. The molecule has 0 aromatic heterocycles. The number of unbranched alkanes of at least 4 members (excludes halogenated alkanes) is 1. The summed E-state index contributed by atoms with van der Waals surface area (Å²) in [6.07, 6.45) is 19.3. The lowest BCUT2D eigenvalue weighted by molar-refractivity contribution is 0.223. The second kappa shape index (κ2) is 11.0. The van der Waals surface area contributed by atoms with Gasteiger partial charge >= 0.3 is 0 Å². The maximum Gasteiger partial charge on any atom is 0.123 e. The summed E-state index contributed by atoms with van der Waals surface area (Å²) in [6.45, 7) is 0. The summed E-state index contributed by atoms with van der Waals surface area (Å²) in [5, 5.41) is 0. The molecule has 0 nitrogen and oxygen atoms in total. The average Bonchev–Trinajstić information content (AvgIpc) is 2.72. The standard InChI is InChI=1S/C25H36F2/c26-19-3-1-2-4-20-5-7-21(8-6-20)9-10-22-11-13-23(14-12-22)24-15-17-25(27)18-16-24/h3,15-23H,1-2,4-14H2/b19-3+/t20-,21-,22-,23-. The lowest BCUT2D eigenvalue weighted by Crippen LogP contribution is -2.17. The van der Waals surface area contributed by atoms with Crippen LogP contribution in [0.1, 0.15) is 95.0 Å². The lowest BCUT2D eigenvalue weighted by atomic mass is 9.74. The van der Waals surface area contributed by atoms with Gasteiger partial charge in [0.25, 0.3) is 0 Å². The topological polar surface area (TPSA) is 0 Å². The molecule has 0 heterocycles. The van der Waals surface area contributed by atoms with Crippen LogP contribution in [0.25, 0.3) is 0 Å². The van der Waals surface area contributed by atoms with Gasteiger partial charge in [0.1, 0.15) is 5.82 Å². The van der Waals surface area contributed by atoms with Gasteiger partial charge in [0.15, 0.2) is 0 Å². The van der Waals surface area contributed by atoms with E-state index in [2.05, 4.69) is 0 Å². The molecule has 0 radical (unpaired) electrons. The van der Waals surface area contributed by atoms with Crippen molar-refractivity contribution in [2.45, 2.75) is 89.4 Å². The lowest BCUT2D eigenvalue weighted by Gasteiger charge is -2.32. The molecule has 1 aromatic rings. The van der Waals surface area contributed by atoms with Crippen molar-refractivity contribution >= 4 is 0 Å². The van der Waals surface area contributed by atoms with E-state index in [1.807, 2.05) is 12.1 Å². The molecule has 1 aromatic carbocycles. The van der Waals surface area contributed by atoms with Crippen LogP contribution >= 0.6 is 0 Å². The monoisotopic (exact) mass is 374 g/mol. The van der Waals surface area contributed by atoms with Gasteiger partial charge in [0.05, 0.1) is 6.33 Å². The molecule has 2 aliphatic carbocycles. The van der Waals surface area contributed by atoms with Crippen LogP contribution in [0.3, 0.4) is 0 Å². The van der Waals surface area contributed by atoms with Crippen molar-refractivity contribution in [1.82, 2.24) is 0 Å². The van der Waals surface area contributed by atoms with Crippen LogP contribution < -0.4 is 0 Å². The summed E-state index contributed by atoms with van der Waals surface area (Å²) in [7, 11) is 0. The molecule has 2 aliphatic rings. The molecule has 0 atom stereocenters. The van der Waals surface area contributed by atoms with E-state index in [0.29, 0.717) is 12.2 Å². The fourth-order valence-corrected chi connectivity index (χ4v) is 5.39. The first-order chi connectivity index (χ1) is 13.2. The zero-order valence-corrected chi connectivity index (χ0v) is 16.7. The van der Waals surface area contributed by atoms with Gasteiger partial charge in [0.2, 0.25) is 0 Å². The fraction of sp³-hybridized carbons (Fsp3) is 0.680.